The number of nitrogens with one attached hydrogen (secondary N) is 1. The lowest BCUT2D eigenvalue weighted by molar-refractivity contribution is 0.254. The van der Waals surface area contributed by atoms with Gasteiger partial charge in [0.2, 0.25) is 0 Å². The molecule has 1 saturated heterocycles. The van der Waals surface area contributed by atoms with Crippen LogP contribution in [0.25, 0.3) is 0 Å². The Morgan fingerprint density at radius 3 is 2.52 bits per heavy atom. The zero-order valence-electron chi connectivity index (χ0n) is 14.8. The predicted molar refractivity (Wildman–Crippen MR) is 90.1 cm³/mol. The molecular weight excluding hydrogens is 258 g/mol. The number of rotatable bonds is 7. The summed E-state index contributed by atoms with van der Waals surface area (Å²) in [4.78, 5) is 2.61. The first-order chi connectivity index (χ1) is 9.86. The van der Waals surface area contributed by atoms with Gasteiger partial charge in [-0.05, 0) is 84.3 Å². The summed E-state index contributed by atoms with van der Waals surface area (Å²) in [6, 6.07) is 2.81. The standard InChI is InChI=1S/C18H35N3/c1-15(2)17-8-6-11-21(13-9-17)12-7-10-18(5,14-19)20-16(3)4/h15-17,20H,6-13H2,1-5H3. The van der Waals surface area contributed by atoms with E-state index in [1.54, 1.807) is 0 Å². The van der Waals surface area contributed by atoms with E-state index in [9.17, 15) is 5.26 Å². The first-order valence-corrected chi connectivity index (χ1v) is 8.77. The van der Waals surface area contributed by atoms with Crippen LogP contribution < -0.4 is 5.32 Å². The van der Waals surface area contributed by atoms with Crippen molar-refractivity contribution in [2.75, 3.05) is 19.6 Å². The summed E-state index contributed by atoms with van der Waals surface area (Å²) >= 11 is 0. The maximum Gasteiger partial charge on any atom is 0.104 e. The number of hydrogen-bond donors (Lipinski definition) is 1. The lowest BCUT2D eigenvalue weighted by Gasteiger charge is -2.27. The Morgan fingerprint density at radius 1 is 1.24 bits per heavy atom. The van der Waals surface area contributed by atoms with Crippen molar-refractivity contribution in [3.8, 4) is 6.07 Å². The Hall–Kier alpha value is -0.590. The molecule has 1 aliphatic rings. The molecule has 1 aliphatic heterocycles. The van der Waals surface area contributed by atoms with Gasteiger partial charge in [-0.1, -0.05) is 13.8 Å². The summed E-state index contributed by atoms with van der Waals surface area (Å²) in [7, 11) is 0. The molecule has 0 aliphatic carbocycles. The molecule has 0 spiro atoms. The third-order valence-corrected chi connectivity index (χ3v) is 4.81. The molecule has 0 amide bonds. The van der Waals surface area contributed by atoms with Crippen molar-refractivity contribution in [3.05, 3.63) is 0 Å². The van der Waals surface area contributed by atoms with Gasteiger partial charge in [-0.2, -0.15) is 5.26 Å². The van der Waals surface area contributed by atoms with Gasteiger partial charge in [0.1, 0.15) is 5.54 Å². The molecule has 1 heterocycles. The first kappa shape index (κ1) is 18.5. The fourth-order valence-corrected chi connectivity index (χ4v) is 3.53. The smallest absolute Gasteiger partial charge is 0.104 e. The average Bonchev–Trinajstić information content (AvgIpc) is 2.63. The van der Waals surface area contributed by atoms with Crippen LogP contribution in [-0.4, -0.2) is 36.1 Å². The second kappa shape index (κ2) is 8.76. The maximum absolute atomic E-state index is 9.39. The molecule has 21 heavy (non-hydrogen) atoms. The van der Waals surface area contributed by atoms with Crippen molar-refractivity contribution < 1.29 is 0 Å². The van der Waals surface area contributed by atoms with Crippen LogP contribution in [0.5, 0.6) is 0 Å². The summed E-state index contributed by atoms with van der Waals surface area (Å²) < 4.78 is 0. The lowest BCUT2D eigenvalue weighted by atomic mass is 9.89. The van der Waals surface area contributed by atoms with Gasteiger partial charge in [-0.3, -0.25) is 5.32 Å². The molecule has 0 aromatic heterocycles. The van der Waals surface area contributed by atoms with Gasteiger partial charge in [0.05, 0.1) is 6.07 Å². The van der Waals surface area contributed by atoms with Crippen molar-refractivity contribution in [2.24, 2.45) is 11.8 Å². The lowest BCUT2D eigenvalue weighted by Crippen LogP contribution is -2.45. The van der Waals surface area contributed by atoms with Gasteiger partial charge >= 0.3 is 0 Å². The van der Waals surface area contributed by atoms with Crippen LogP contribution in [0.3, 0.4) is 0 Å². The van der Waals surface area contributed by atoms with Crippen molar-refractivity contribution in [1.82, 2.24) is 10.2 Å². The Kier molecular flexibility index (Phi) is 7.70. The van der Waals surface area contributed by atoms with Crippen LogP contribution in [0.1, 0.15) is 66.7 Å². The Labute approximate surface area is 132 Å². The van der Waals surface area contributed by atoms with Crippen molar-refractivity contribution in [3.63, 3.8) is 0 Å². The highest BCUT2D eigenvalue weighted by atomic mass is 15.1. The minimum absolute atomic E-state index is 0.361. The molecule has 3 heteroatoms. The fourth-order valence-electron chi connectivity index (χ4n) is 3.53. The van der Waals surface area contributed by atoms with Crippen LogP contribution in [-0.2, 0) is 0 Å². The van der Waals surface area contributed by atoms with Gasteiger partial charge in [0.25, 0.3) is 0 Å². The molecule has 0 aromatic carbocycles. The number of nitrogens with zero attached hydrogens (tertiary/aromatic N) is 2. The molecule has 122 valence electrons. The Bertz CT molecular complexity index is 332. The van der Waals surface area contributed by atoms with Gasteiger partial charge < -0.3 is 4.90 Å². The number of nitriles is 1. The molecule has 3 nitrogen and oxygen atoms in total. The minimum Gasteiger partial charge on any atom is -0.303 e. The van der Waals surface area contributed by atoms with E-state index in [0.717, 1.165) is 31.2 Å². The monoisotopic (exact) mass is 293 g/mol. The van der Waals surface area contributed by atoms with Crippen molar-refractivity contribution in [2.45, 2.75) is 78.3 Å². The van der Waals surface area contributed by atoms with Crippen molar-refractivity contribution in [1.29, 1.82) is 5.26 Å². The van der Waals surface area contributed by atoms with Gasteiger partial charge in [0.15, 0.2) is 0 Å². The zero-order valence-corrected chi connectivity index (χ0v) is 14.8. The summed E-state index contributed by atoms with van der Waals surface area (Å²) in [5.41, 5.74) is -0.375. The average molecular weight is 293 g/mol. The molecule has 2 atom stereocenters. The summed E-state index contributed by atoms with van der Waals surface area (Å²) in [6.07, 6.45) is 6.11. The third-order valence-electron chi connectivity index (χ3n) is 4.81. The highest BCUT2D eigenvalue weighted by Gasteiger charge is 2.25. The zero-order chi connectivity index (χ0) is 15.9. The largest absolute Gasteiger partial charge is 0.303 e. The second-order valence-electron chi connectivity index (χ2n) is 7.62. The van der Waals surface area contributed by atoms with Gasteiger partial charge in [-0.15, -0.1) is 0 Å². The quantitative estimate of drug-likeness (QED) is 0.776. The summed E-state index contributed by atoms with van der Waals surface area (Å²) in [5.74, 6) is 1.73. The first-order valence-electron chi connectivity index (χ1n) is 8.77. The normalized spacial score (nSPS) is 23.8. The summed E-state index contributed by atoms with van der Waals surface area (Å²) in [6.45, 7) is 14.6. The van der Waals surface area contributed by atoms with E-state index in [4.69, 9.17) is 0 Å². The SMILES string of the molecule is CC(C)NC(C)(C#N)CCCN1CCCC(C(C)C)CC1. The molecular formula is C18H35N3. The van der Waals surface area contributed by atoms with E-state index in [2.05, 4.69) is 44.0 Å². The molecule has 1 fully saturated rings. The van der Waals surface area contributed by atoms with E-state index >= 15 is 0 Å². The topological polar surface area (TPSA) is 39.1 Å². The Balaban J connectivity index is 2.33. The van der Waals surface area contributed by atoms with E-state index < -0.39 is 0 Å². The highest BCUT2D eigenvalue weighted by Crippen LogP contribution is 2.25. The van der Waals surface area contributed by atoms with E-state index in [1.165, 1.54) is 32.4 Å². The highest BCUT2D eigenvalue weighted by molar-refractivity contribution is 5.04. The fraction of sp³-hybridized carbons (Fsp3) is 0.944. The molecule has 1 N–H and O–H groups in total. The molecule has 1 rings (SSSR count). The van der Waals surface area contributed by atoms with Crippen molar-refractivity contribution >= 4 is 0 Å². The van der Waals surface area contributed by atoms with Crippen LogP contribution in [0.15, 0.2) is 0 Å². The van der Waals surface area contributed by atoms with E-state index in [1.807, 2.05) is 6.92 Å². The van der Waals surface area contributed by atoms with Crippen LogP contribution in [0, 0.1) is 23.2 Å². The molecule has 0 aromatic rings. The van der Waals surface area contributed by atoms with Gasteiger partial charge in [0, 0.05) is 6.04 Å². The predicted octanol–water partition coefficient (Wildman–Crippen LogP) is 3.80. The molecule has 0 radical (unpaired) electrons. The maximum atomic E-state index is 9.39. The molecule has 0 saturated carbocycles. The minimum atomic E-state index is -0.375. The third kappa shape index (κ3) is 6.80. The second-order valence-corrected chi connectivity index (χ2v) is 7.62. The Morgan fingerprint density at radius 2 is 1.95 bits per heavy atom. The molecule has 0 bridgehead atoms. The number of likely N-dealkylation sites (tertiary alicyclic amines) is 1. The number of hydrogen-bond acceptors (Lipinski definition) is 3. The molecule has 2 unspecified atom stereocenters. The van der Waals surface area contributed by atoms with Crippen LogP contribution >= 0.6 is 0 Å². The van der Waals surface area contributed by atoms with E-state index in [0.29, 0.717) is 6.04 Å². The van der Waals surface area contributed by atoms with Crippen LogP contribution in [0.2, 0.25) is 0 Å². The van der Waals surface area contributed by atoms with Gasteiger partial charge in [-0.25, -0.2) is 0 Å². The van der Waals surface area contributed by atoms with Crippen LogP contribution in [0.4, 0.5) is 0 Å². The summed E-state index contributed by atoms with van der Waals surface area (Å²) in [5, 5.41) is 12.8. The van der Waals surface area contributed by atoms with E-state index in [-0.39, 0.29) is 5.54 Å².